The van der Waals surface area contributed by atoms with E-state index in [1.165, 1.54) is 24.3 Å². The van der Waals surface area contributed by atoms with Gasteiger partial charge in [-0.2, -0.15) is 26.3 Å². The standard InChI is InChI=1S/C14H14F6O3/c1-12(15,16)14(19,20)13(17,18)7-4-8-23-10-6-3-2-5-9(10)11(21)22/h2-3,5-6H,4,7-8H2,1H3,(H,21,22). The third-order valence-corrected chi connectivity index (χ3v) is 3.02. The first kappa shape index (κ1) is 19.1. The molecule has 0 bridgehead atoms. The van der Waals surface area contributed by atoms with Crippen LogP contribution in [0.25, 0.3) is 0 Å². The molecule has 130 valence electrons. The first-order chi connectivity index (χ1) is 10.4. The van der Waals surface area contributed by atoms with E-state index >= 15 is 0 Å². The van der Waals surface area contributed by atoms with E-state index < -0.39 is 43.2 Å². The molecule has 0 spiro atoms. The molecule has 1 aromatic carbocycles. The average molecular weight is 344 g/mol. The fraction of sp³-hybridized carbons (Fsp3) is 0.500. The van der Waals surface area contributed by atoms with Crippen molar-refractivity contribution in [1.29, 1.82) is 0 Å². The normalized spacial score (nSPS) is 13.0. The lowest BCUT2D eigenvalue weighted by molar-refractivity contribution is -0.304. The van der Waals surface area contributed by atoms with Crippen molar-refractivity contribution in [3.63, 3.8) is 0 Å². The van der Waals surface area contributed by atoms with E-state index in [1.807, 2.05) is 0 Å². The van der Waals surface area contributed by atoms with Crippen molar-refractivity contribution >= 4 is 5.97 Å². The lowest BCUT2D eigenvalue weighted by Crippen LogP contribution is -2.52. The van der Waals surface area contributed by atoms with Gasteiger partial charge in [-0.25, -0.2) is 4.79 Å². The summed E-state index contributed by atoms with van der Waals surface area (Å²) >= 11 is 0. The molecule has 23 heavy (non-hydrogen) atoms. The van der Waals surface area contributed by atoms with E-state index in [4.69, 9.17) is 9.84 Å². The second-order valence-electron chi connectivity index (χ2n) is 4.92. The molecular weight excluding hydrogens is 330 g/mol. The number of carboxylic acids is 1. The molecule has 0 fully saturated rings. The Hall–Kier alpha value is -1.93. The summed E-state index contributed by atoms with van der Waals surface area (Å²) in [6, 6.07) is 5.31. The number of para-hydroxylation sites is 1. The number of benzene rings is 1. The maximum absolute atomic E-state index is 13.3. The molecule has 0 saturated heterocycles. The number of hydrogen-bond acceptors (Lipinski definition) is 2. The summed E-state index contributed by atoms with van der Waals surface area (Å²) in [6.07, 6.45) is -2.19. The summed E-state index contributed by atoms with van der Waals surface area (Å²) in [5, 5.41) is 8.87. The van der Waals surface area contributed by atoms with E-state index in [9.17, 15) is 31.1 Å². The SMILES string of the molecule is CC(F)(F)C(F)(F)C(F)(F)CCCOc1ccccc1C(=O)O. The zero-order chi connectivity index (χ0) is 17.9. The summed E-state index contributed by atoms with van der Waals surface area (Å²) < 4.78 is 82.6. The largest absolute Gasteiger partial charge is 0.493 e. The number of hydrogen-bond donors (Lipinski definition) is 1. The fourth-order valence-corrected chi connectivity index (χ4v) is 1.72. The van der Waals surface area contributed by atoms with Gasteiger partial charge in [0.05, 0.1) is 6.61 Å². The van der Waals surface area contributed by atoms with Crippen molar-refractivity contribution in [2.75, 3.05) is 6.61 Å². The summed E-state index contributed by atoms with van der Waals surface area (Å²) in [7, 11) is 0. The van der Waals surface area contributed by atoms with Gasteiger partial charge < -0.3 is 9.84 Å². The number of ether oxygens (including phenoxy) is 1. The lowest BCUT2D eigenvalue weighted by atomic mass is 10.0. The second-order valence-corrected chi connectivity index (χ2v) is 4.92. The smallest absolute Gasteiger partial charge is 0.371 e. The molecule has 0 atom stereocenters. The van der Waals surface area contributed by atoms with E-state index in [2.05, 4.69) is 0 Å². The molecule has 1 rings (SSSR count). The van der Waals surface area contributed by atoms with Gasteiger partial charge in [0.2, 0.25) is 0 Å². The Morgan fingerprint density at radius 3 is 2.22 bits per heavy atom. The van der Waals surface area contributed by atoms with Crippen LogP contribution in [0.2, 0.25) is 0 Å². The molecule has 0 aromatic heterocycles. The first-order valence-electron chi connectivity index (χ1n) is 6.49. The van der Waals surface area contributed by atoms with Crippen molar-refractivity contribution in [3.05, 3.63) is 29.8 Å². The molecule has 1 aromatic rings. The molecule has 0 unspecified atom stereocenters. The highest BCUT2D eigenvalue weighted by Gasteiger charge is 2.68. The Kier molecular flexibility index (Phi) is 5.55. The monoisotopic (exact) mass is 344 g/mol. The van der Waals surface area contributed by atoms with Crippen molar-refractivity contribution in [1.82, 2.24) is 0 Å². The summed E-state index contributed by atoms with van der Waals surface area (Å²) in [5.41, 5.74) is -0.232. The van der Waals surface area contributed by atoms with Crippen LogP contribution < -0.4 is 4.74 Å². The van der Waals surface area contributed by atoms with Crippen molar-refractivity contribution in [2.45, 2.75) is 37.5 Å². The van der Waals surface area contributed by atoms with Crippen LogP contribution >= 0.6 is 0 Å². The van der Waals surface area contributed by atoms with Gasteiger partial charge in [-0.05, 0) is 18.6 Å². The minimum atomic E-state index is -5.49. The molecule has 0 aliphatic carbocycles. The Balaban J connectivity index is 2.63. The van der Waals surface area contributed by atoms with Crippen LogP contribution in [0.3, 0.4) is 0 Å². The van der Waals surface area contributed by atoms with Crippen molar-refractivity contribution < 1.29 is 41.0 Å². The molecular formula is C14H14F6O3. The zero-order valence-electron chi connectivity index (χ0n) is 12.0. The highest BCUT2D eigenvalue weighted by atomic mass is 19.3. The minimum absolute atomic E-state index is 0.129. The molecule has 1 N–H and O–H groups in total. The maximum Gasteiger partial charge on any atom is 0.371 e. The van der Waals surface area contributed by atoms with Crippen LogP contribution in [-0.4, -0.2) is 35.5 Å². The zero-order valence-corrected chi connectivity index (χ0v) is 12.0. The number of aromatic carboxylic acids is 1. The van der Waals surface area contributed by atoms with Crippen molar-refractivity contribution in [3.8, 4) is 5.75 Å². The van der Waals surface area contributed by atoms with E-state index in [1.54, 1.807) is 0 Å². The third kappa shape index (κ3) is 4.29. The number of carboxylic acid groups (broad SMARTS) is 1. The van der Waals surface area contributed by atoms with Gasteiger partial charge in [0.25, 0.3) is 0 Å². The average Bonchev–Trinajstić information content (AvgIpc) is 2.42. The molecule has 9 heteroatoms. The van der Waals surface area contributed by atoms with E-state index in [0.717, 1.165) is 0 Å². The van der Waals surface area contributed by atoms with Crippen LogP contribution in [0.15, 0.2) is 24.3 Å². The highest BCUT2D eigenvalue weighted by Crippen LogP contribution is 2.47. The second kappa shape index (κ2) is 6.67. The van der Waals surface area contributed by atoms with Gasteiger partial charge in [-0.15, -0.1) is 0 Å². The van der Waals surface area contributed by atoms with Gasteiger partial charge in [-0.1, -0.05) is 12.1 Å². The number of alkyl halides is 6. The highest BCUT2D eigenvalue weighted by molar-refractivity contribution is 5.90. The molecule has 0 heterocycles. The topological polar surface area (TPSA) is 46.5 Å². The summed E-state index contributed by atoms with van der Waals surface area (Å²) in [6.45, 7) is -0.800. The van der Waals surface area contributed by atoms with Gasteiger partial charge in [0, 0.05) is 13.3 Å². The minimum Gasteiger partial charge on any atom is -0.493 e. The van der Waals surface area contributed by atoms with Gasteiger partial charge in [0.15, 0.2) is 0 Å². The van der Waals surface area contributed by atoms with Crippen LogP contribution in [0, 0.1) is 0 Å². The van der Waals surface area contributed by atoms with Crippen LogP contribution in [0.5, 0.6) is 5.75 Å². The number of halogens is 6. The van der Waals surface area contributed by atoms with E-state index in [-0.39, 0.29) is 18.2 Å². The molecule has 0 amide bonds. The maximum atomic E-state index is 13.3. The summed E-state index contributed by atoms with van der Waals surface area (Å²) in [4.78, 5) is 10.9. The molecule has 0 radical (unpaired) electrons. The molecule has 0 aliphatic rings. The quantitative estimate of drug-likeness (QED) is 0.559. The number of rotatable bonds is 8. The van der Waals surface area contributed by atoms with Crippen molar-refractivity contribution in [2.24, 2.45) is 0 Å². The Morgan fingerprint density at radius 1 is 1.13 bits per heavy atom. The Bertz CT molecular complexity index is 554. The van der Waals surface area contributed by atoms with E-state index in [0.29, 0.717) is 0 Å². The van der Waals surface area contributed by atoms with Crippen LogP contribution in [0.1, 0.15) is 30.1 Å². The van der Waals surface area contributed by atoms with Gasteiger partial charge >= 0.3 is 23.7 Å². The Labute approximate surface area is 127 Å². The third-order valence-electron chi connectivity index (χ3n) is 3.02. The molecule has 0 saturated carbocycles. The van der Waals surface area contributed by atoms with Gasteiger partial charge in [0.1, 0.15) is 11.3 Å². The molecule has 3 nitrogen and oxygen atoms in total. The summed E-state index contributed by atoms with van der Waals surface area (Å²) in [5.74, 6) is -16.7. The lowest BCUT2D eigenvalue weighted by Gasteiger charge is -2.30. The van der Waals surface area contributed by atoms with Gasteiger partial charge in [-0.3, -0.25) is 0 Å². The predicted molar refractivity (Wildman–Crippen MR) is 68.6 cm³/mol. The van der Waals surface area contributed by atoms with Crippen LogP contribution in [-0.2, 0) is 0 Å². The predicted octanol–water partition coefficient (Wildman–Crippen LogP) is 4.47. The fourth-order valence-electron chi connectivity index (χ4n) is 1.72. The number of carbonyl (C=O) groups is 1. The first-order valence-corrected chi connectivity index (χ1v) is 6.49. The Morgan fingerprint density at radius 2 is 1.70 bits per heavy atom. The molecule has 0 aliphatic heterocycles. The van der Waals surface area contributed by atoms with Crippen LogP contribution in [0.4, 0.5) is 26.3 Å².